The highest BCUT2D eigenvalue weighted by Crippen LogP contribution is 2.29. The van der Waals surface area contributed by atoms with Crippen LogP contribution in [-0.4, -0.2) is 42.5 Å². The average Bonchev–Trinajstić information content (AvgIpc) is 2.66. The van der Waals surface area contributed by atoms with Gasteiger partial charge in [-0.05, 0) is 39.3 Å². The van der Waals surface area contributed by atoms with Gasteiger partial charge in [0.05, 0.1) is 16.9 Å². The van der Waals surface area contributed by atoms with E-state index in [9.17, 15) is 18.3 Å². The second kappa shape index (κ2) is 11.5. The summed E-state index contributed by atoms with van der Waals surface area (Å²) in [6, 6.07) is 5.19. The lowest BCUT2D eigenvalue weighted by atomic mass is 10.1. The van der Waals surface area contributed by atoms with Crippen molar-refractivity contribution in [1.29, 1.82) is 5.41 Å². The number of amidine groups is 1. The van der Waals surface area contributed by atoms with Crippen molar-refractivity contribution in [3.63, 3.8) is 0 Å². The van der Waals surface area contributed by atoms with Gasteiger partial charge >= 0.3 is 6.18 Å². The fourth-order valence-corrected chi connectivity index (χ4v) is 2.61. The quantitative estimate of drug-likeness (QED) is 0.200. The molecular weight excluding hydrogens is 407 g/mol. The Morgan fingerprint density at radius 1 is 1.23 bits per heavy atom. The minimum atomic E-state index is -4.56. The van der Waals surface area contributed by atoms with Crippen molar-refractivity contribution in [2.45, 2.75) is 52.3 Å². The lowest BCUT2D eigenvalue weighted by molar-refractivity contribution is -0.0893. The summed E-state index contributed by atoms with van der Waals surface area (Å²) in [6.45, 7) is 7.00. The molecule has 0 amide bonds. The molecule has 9 heteroatoms. The smallest absolute Gasteiger partial charge is 0.389 e. The Morgan fingerprint density at radius 2 is 1.87 bits per heavy atom. The number of hydrogen-bond acceptors (Lipinski definition) is 5. The number of nitrogens with zero attached hydrogens (tertiary/aromatic N) is 1. The number of rotatable bonds is 10. The fourth-order valence-electron chi connectivity index (χ4n) is 2.61. The van der Waals surface area contributed by atoms with E-state index in [0.29, 0.717) is 23.4 Å². The average molecular weight is 440 g/mol. The van der Waals surface area contributed by atoms with Crippen LogP contribution in [0.1, 0.15) is 46.1 Å². The zero-order chi connectivity index (χ0) is 23.7. The Labute approximate surface area is 181 Å². The monoisotopic (exact) mass is 439 g/mol. The van der Waals surface area contributed by atoms with Crippen LogP contribution < -0.4 is 16.0 Å². The molecule has 5 N–H and O–H groups in total. The van der Waals surface area contributed by atoms with Gasteiger partial charge in [-0.25, -0.2) is 4.99 Å². The molecule has 0 radical (unpaired) electrons. The van der Waals surface area contributed by atoms with E-state index in [-0.39, 0.29) is 18.2 Å². The number of hydrogen-bond donors (Lipinski definition) is 5. The molecule has 0 atom stereocenters. The SMILES string of the molecule is CCC/C=C/C(=C(\N=C(/C)Nc1cccc(NCC(C)(C)O)c1C=N)NC)C(F)(F)F. The summed E-state index contributed by atoms with van der Waals surface area (Å²) in [5, 5.41) is 26.2. The van der Waals surface area contributed by atoms with Crippen LogP contribution in [0.5, 0.6) is 0 Å². The van der Waals surface area contributed by atoms with E-state index in [1.165, 1.54) is 13.1 Å². The zero-order valence-corrected chi connectivity index (χ0v) is 18.6. The van der Waals surface area contributed by atoms with Crippen molar-refractivity contribution in [2.24, 2.45) is 4.99 Å². The minimum absolute atomic E-state index is 0.220. The van der Waals surface area contributed by atoms with Gasteiger partial charge in [0.1, 0.15) is 11.7 Å². The van der Waals surface area contributed by atoms with E-state index < -0.39 is 17.4 Å². The summed E-state index contributed by atoms with van der Waals surface area (Å²) in [6.07, 6.45) is 0.355. The van der Waals surface area contributed by atoms with Crippen LogP contribution in [0.4, 0.5) is 24.5 Å². The molecule has 0 aliphatic rings. The maximum absolute atomic E-state index is 13.5. The van der Waals surface area contributed by atoms with Gasteiger partial charge in [0.25, 0.3) is 0 Å². The summed E-state index contributed by atoms with van der Waals surface area (Å²) in [5.41, 5.74) is -0.209. The van der Waals surface area contributed by atoms with E-state index in [2.05, 4.69) is 20.9 Å². The molecule has 0 bridgehead atoms. The van der Waals surface area contributed by atoms with E-state index in [4.69, 9.17) is 5.41 Å². The molecule has 0 spiro atoms. The predicted octanol–water partition coefficient (Wildman–Crippen LogP) is 5.05. The third-order valence-electron chi connectivity index (χ3n) is 4.09. The Morgan fingerprint density at radius 3 is 2.39 bits per heavy atom. The van der Waals surface area contributed by atoms with Gasteiger partial charge in [-0.3, -0.25) is 0 Å². The summed E-state index contributed by atoms with van der Waals surface area (Å²) < 4.78 is 40.6. The summed E-state index contributed by atoms with van der Waals surface area (Å²) in [4.78, 5) is 4.09. The van der Waals surface area contributed by atoms with Gasteiger partial charge in [0.2, 0.25) is 0 Å². The van der Waals surface area contributed by atoms with Gasteiger partial charge in [0.15, 0.2) is 0 Å². The standard InChI is InChI=1S/C22H32F3N5O/c1-6-7-8-10-17(22(23,24)25)20(27-5)30-15(2)29-19-12-9-11-18(16(19)13-26)28-14-21(3,4)31/h8-13,26-28,31H,6-7,14H2,1-5H3,(H,29,30)/b10-8+,20-17+,26-13?. The largest absolute Gasteiger partial charge is 0.419 e. The predicted molar refractivity (Wildman–Crippen MR) is 122 cm³/mol. The molecule has 0 unspecified atom stereocenters. The first-order valence-corrected chi connectivity index (χ1v) is 10.0. The van der Waals surface area contributed by atoms with Crippen molar-refractivity contribution in [1.82, 2.24) is 5.32 Å². The molecule has 0 aliphatic heterocycles. The topological polar surface area (TPSA) is 92.5 Å². The van der Waals surface area contributed by atoms with Crippen LogP contribution in [0.2, 0.25) is 0 Å². The number of unbranched alkanes of at least 4 members (excludes halogenated alkanes) is 1. The third-order valence-corrected chi connectivity index (χ3v) is 4.09. The van der Waals surface area contributed by atoms with Crippen LogP contribution in [0.3, 0.4) is 0 Å². The molecule has 31 heavy (non-hydrogen) atoms. The molecule has 0 aliphatic carbocycles. The minimum Gasteiger partial charge on any atom is -0.389 e. The van der Waals surface area contributed by atoms with Crippen LogP contribution in [0.25, 0.3) is 0 Å². The first-order chi connectivity index (χ1) is 14.4. The third kappa shape index (κ3) is 8.84. The lowest BCUT2D eigenvalue weighted by Crippen LogP contribution is -2.29. The molecule has 0 fully saturated rings. The van der Waals surface area contributed by atoms with Crippen LogP contribution in [0.15, 0.2) is 46.7 Å². The van der Waals surface area contributed by atoms with Gasteiger partial charge in [-0.15, -0.1) is 0 Å². The number of nitrogens with one attached hydrogen (secondary N) is 4. The zero-order valence-electron chi connectivity index (χ0n) is 18.6. The highest BCUT2D eigenvalue weighted by atomic mass is 19.4. The van der Waals surface area contributed by atoms with Gasteiger partial charge in [-0.1, -0.05) is 31.6 Å². The summed E-state index contributed by atoms with van der Waals surface area (Å²) in [7, 11) is 1.38. The number of aliphatic hydroxyl groups is 1. The Hall–Kier alpha value is -2.81. The molecule has 172 valence electrons. The van der Waals surface area contributed by atoms with E-state index in [0.717, 1.165) is 18.7 Å². The second-order valence-electron chi connectivity index (χ2n) is 7.60. The van der Waals surface area contributed by atoms with Gasteiger partial charge in [-0.2, -0.15) is 13.2 Å². The van der Waals surface area contributed by atoms with Crippen LogP contribution in [-0.2, 0) is 0 Å². The lowest BCUT2D eigenvalue weighted by Gasteiger charge is -2.21. The number of benzene rings is 1. The molecule has 1 rings (SSSR count). The maximum Gasteiger partial charge on any atom is 0.419 e. The number of aliphatic imine (C=N–C) groups is 1. The maximum atomic E-state index is 13.5. The molecule has 6 nitrogen and oxygen atoms in total. The Balaban J connectivity index is 3.27. The molecule has 0 aromatic heterocycles. The summed E-state index contributed by atoms with van der Waals surface area (Å²) >= 11 is 0. The van der Waals surface area contributed by atoms with Crippen LogP contribution in [0, 0.1) is 5.41 Å². The number of anilines is 2. The molecule has 0 saturated carbocycles. The van der Waals surface area contributed by atoms with E-state index in [1.54, 1.807) is 39.0 Å². The molecule has 1 aromatic rings. The Bertz CT molecular complexity index is 837. The normalized spacial score (nSPS) is 13.8. The first-order valence-electron chi connectivity index (χ1n) is 10.0. The molecule has 1 aromatic carbocycles. The highest BCUT2D eigenvalue weighted by Gasteiger charge is 2.35. The Kier molecular flexibility index (Phi) is 9.77. The van der Waals surface area contributed by atoms with E-state index in [1.807, 2.05) is 6.92 Å². The highest BCUT2D eigenvalue weighted by molar-refractivity contribution is 6.02. The van der Waals surface area contributed by atoms with Crippen molar-refractivity contribution in [3.05, 3.63) is 47.3 Å². The molecular formula is C22H32F3N5O. The van der Waals surface area contributed by atoms with Gasteiger partial charge < -0.3 is 26.5 Å². The second-order valence-corrected chi connectivity index (χ2v) is 7.60. The van der Waals surface area contributed by atoms with E-state index >= 15 is 0 Å². The van der Waals surface area contributed by atoms with Crippen molar-refractivity contribution >= 4 is 23.4 Å². The number of alkyl halides is 3. The molecule has 0 heterocycles. The van der Waals surface area contributed by atoms with Crippen molar-refractivity contribution < 1.29 is 18.3 Å². The fraction of sp³-hybridized carbons (Fsp3) is 0.455. The van der Waals surface area contributed by atoms with Gasteiger partial charge in [0, 0.05) is 31.1 Å². The number of allylic oxidation sites excluding steroid dienone is 3. The van der Waals surface area contributed by atoms with Crippen molar-refractivity contribution in [2.75, 3.05) is 24.2 Å². The summed E-state index contributed by atoms with van der Waals surface area (Å²) in [5.74, 6) is -0.0877. The number of halogens is 3. The first kappa shape index (κ1) is 26.2. The molecule has 0 saturated heterocycles. The van der Waals surface area contributed by atoms with Crippen molar-refractivity contribution in [3.8, 4) is 0 Å². The van der Waals surface area contributed by atoms with Crippen LogP contribution >= 0.6 is 0 Å².